The molecule has 2 N–H and O–H groups in total. The lowest BCUT2D eigenvalue weighted by Gasteiger charge is -2.41. The Hall–Kier alpha value is -1.03. The fourth-order valence-electron chi connectivity index (χ4n) is 1.96. The molecule has 0 atom stereocenters. The maximum atomic E-state index is 5.87. The smallest absolute Gasteiger partial charge is 0.0740 e. The Kier molecular flexibility index (Phi) is 1.80. The molecule has 1 aromatic rings. The van der Waals surface area contributed by atoms with Crippen molar-refractivity contribution in [2.45, 2.75) is 18.8 Å². The van der Waals surface area contributed by atoms with E-state index in [1.54, 1.807) is 6.20 Å². The van der Waals surface area contributed by atoms with Crippen LogP contribution >= 0.6 is 0 Å². The summed E-state index contributed by atoms with van der Waals surface area (Å²) in [6.45, 7) is 3.70. The summed E-state index contributed by atoms with van der Waals surface area (Å²) >= 11 is 0. The number of hydrogen-bond acceptors (Lipinski definition) is 3. The van der Waals surface area contributed by atoms with Crippen LogP contribution < -0.4 is 5.73 Å². The second kappa shape index (κ2) is 2.73. The van der Waals surface area contributed by atoms with E-state index >= 15 is 0 Å². The molecule has 0 amide bonds. The zero-order valence-electron chi connectivity index (χ0n) is 8.08. The Balaban J connectivity index is 2.43. The number of anilines is 1. The van der Waals surface area contributed by atoms with E-state index < -0.39 is 0 Å². The second-order valence-electron chi connectivity index (χ2n) is 3.70. The molecule has 1 fully saturated rings. The Labute approximate surface area is 77.7 Å². The Bertz CT molecular complexity index is 290. The molecule has 1 aliphatic heterocycles. The van der Waals surface area contributed by atoms with Gasteiger partial charge in [0.05, 0.1) is 36.2 Å². The average molecular weight is 181 g/mol. The molecule has 0 radical (unpaired) electrons. The molecule has 0 aromatic carbocycles. The lowest BCUT2D eigenvalue weighted by molar-refractivity contribution is -0.0654. The fourth-order valence-corrected chi connectivity index (χ4v) is 1.96. The SMILES string of the molecule is CCC1(c2c(N)cnn2C)COC1. The highest BCUT2D eigenvalue weighted by Crippen LogP contribution is 2.37. The molecule has 0 saturated carbocycles. The van der Waals surface area contributed by atoms with Crippen molar-refractivity contribution in [3.8, 4) is 0 Å². The van der Waals surface area contributed by atoms with Gasteiger partial charge < -0.3 is 10.5 Å². The van der Waals surface area contributed by atoms with Crippen molar-refractivity contribution < 1.29 is 4.74 Å². The highest BCUT2D eigenvalue weighted by atomic mass is 16.5. The van der Waals surface area contributed by atoms with Crippen LogP contribution in [0.15, 0.2) is 6.20 Å². The Morgan fingerprint density at radius 3 is 2.69 bits per heavy atom. The van der Waals surface area contributed by atoms with Crippen molar-refractivity contribution >= 4 is 5.69 Å². The molecule has 0 spiro atoms. The predicted molar refractivity (Wildman–Crippen MR) is 50.4 cm³/mol. The lowest BCUT2D eigenvalue weighted by Crippen LogP contribution is -2.47. The third-order valence-corrected chi connectivity index (χ3v) is 2.90. The molecule has 13 heavy (non-hydrogen) atoms. The van der Waals surface area contributed by atoms with Crippen LogP contribution in [0.1, 0.15) is 19.0 Å². The highest BCUT2D eigenvalue weighted by molar-refractivity contribution is 5.46. The summed E-state index contributed by atoms with van der Waals surface area (Å²) in [5, 5.41) is 4.15. The van der Waals surface area contributed by atoms with E-state index in [2.05, 4.69) is 12.0 Å². The largest absolute Gasteiger partial charge is 0.396 e. The van der Waals surface area contributed by atoms with Crippen LogP contribution in [0, 0.1) is 0 Å². The molecule has 0 aliphatic carbocycles. The van der Waals surface area contributed by atoms with Gasteiger partial charge in [0.25, 0.3) is 0 Å². The van der Waals surface area contributed by atoms with E-state index in [-0.39, 0.29) is 5.41 Å². The zero-order valence-corrected chi connectivity index (χ0v) is 8.08. The van der Waals surface area contributed by atoms with E-state index in [4.69, 9.17) is 10.5 Å². The van der Waals surface area contributed by atoms with Gasteiger partial charge in [0.1, 0.15) is 0 Å². The van der Waals surface area contributed by atoms with Crippen LogP contribution in [-0.2, 0) is 17.2 Å². The minimum atomic E-state index is 0.120. The summed E-state index contributed by atoms with van der Waals surface area (Å²) in [4.78, 5) is 0. The summed E-state index contributed by atoms with van der Waals surface area (Å²) in [5.41, 5.74) is 7.91. The van der Waals surface area contributed by atoms with Crippen molar-refractivity contribution in [3.63, 3.8) is 0 Å². The predicted octanol–water partition coefficient (Wildman–Crippen LogP) is 0.680. The number of ether oxygens (including phenoxy) is 1. The molecule has 1 aliphatic rings. The van der Waals surface area contributed by atoms with Crippen molar-refractivity contribution in [2.75, 3.05) is 18.9 Å². The minimum Gasteiger partial charge on any atom is -0.396 e. The number of nitrogens with two attached hydrogens (primary N) is 1. The van der Waals surface area contributed by atoms with E-state index in [9.17, 15) is 0 Å². The normalized spacial score (nSPS) is 19.8. The van der Waals surface area contributed by atoms with Crippen molar-refractivity contribution in [3.05, 3.63) is 11.9 Å². The molecular formula is C9H15N3O. The summed E-state index contributed by atoms with van der Waals surface area (Å²) in [6.07, 6.45) is 2.77. The topological polar surface area (TPSA) is 53.1 Å². The maximum absolute atomic E-state index is 5.87. The molecule has 4 nitrogen and oxygen atoms in total. The number of rotatable bonds is 2. The van der Waals surface area contributed by atoms with Crippen molar-refractivity contribution in [1.29, 1.82) is 0 Å². The van der Waals surface area contributed by atoms with E-state index in [0.717, 1.165) is 31.0 Å². The molecule has 72 valence electrons. The van der Waals surface area contributed by atoms with Gasteiger partial charge in [-0.25, -0.2) is 0 Å². The quantitative estimate of drug-likeness (QED) is 0.730. The third kappa shape index (κ3) is 1.05. The standard InChI is InChI=1S/C9H15N3O/c1-3-9(5-13-6-9)8-7(10)4-11-12(8)2/h4H,3,5-6,10H2,1-2H3. The van der Waals surface area contributed by atoms with Gasteiger partial charge >= 0.3 is 0 Å². The fraction of sp³-hybridized carbons (Fsp3) is 0.667. The number of nitrogen functional groups attached to an aromatic ring is 1. The number of aryl methyl sites for hydroxylation is 1. The molecule has 0 bridgehead atoms. The molecule has 1 aromatic heterocycles. The average Bonchev–Trinajstić information content (AvgIpc) is 2.35. The van der Waals surface area contributed by atoms with E-state index in [1.165, 1.54) is 0 Å². The molecular weight excluding hydrogens is 166 g/mol. The first-order valence-electron chi connectivity index (χ1n) is 4.55. The minimum absolute atomic E-state index is 0.120. The van der Waals surface area contributed by atoms with Crippen molar-refractivity contribution in [2.24, 2.45) is 7.05 Å². The Morgan fingerprint density at radius 2 is 2.38 bits per heavy atom. The van der Waals surface area contributed by atoms with Gasteiger partial charge in [0.2, 0.25) is 0 Å². The van der Waals surface area contributed by atoms with Gasteiger partial charge in [-0.2, -0.15) is 5.10 Å². The molecule has 4 heteroatoms. The summed E-state index contributed by atoms with van der Waals surface area (Å²) in [7, 11) is 1.93. The third-order valence-electron chi connectivity index (χ3n) is 2.90. The van der Waals surface area contributed by atoms with Crippen LogP contribution in [0.4, 0.5) is 5.69 Å². The monoisotopic (exact) mass is 181 g/mol. The van der Waals surface area contributed by atoms with E-state index in [0.29, 0.717) is 0 Å². The van der Waals surface area contributed by atoms with Crippen molar-refractivity contribution in [1.82, 2.24) is 9.78 Å². The zero-order chi connectivity index (χ0) is 9.47. The van der Waals surface area contributed by atoms with Crippen LogP contribution in [0.5, 0.6) is 0 Å². The molecule has 2 heterocycles. The number of hydrogen-bond donors (Lipinski definition) is 1. The second-order valence-corrected chi connectivity index (χ2v) is 3.70. The maximum Gasteiger partial charge on any atom is 0.0740 e. The highest BCUT2D eigenvalue weighted by Gasteiger charge is 2.42. The van der Waals surface area contributed by atoms with Gasteiger partial charge in [0, 0.05) is 7.05 Å². The summed E-state index contributed by atoms with van der Waals surface area (Å²) < 4.78 is 7.13. The first-order chi connectivity index (χ1) is 6.19. The van der Waals surface area contributed by atoms with Crippen LogP contribution in [0.2, 0.25) is 0 Å². The van der Waals surface area contributed by atoms with Gasteiger partial charge in [-0.1, -0.05) is 6.92 Å². The van der Waals surface area contributed by atoms with Crippen LogP contribution in [0.3, 0.4) is 0 Å². The van der Waals surface area contributed by atoms with Crippen LogP contribution in [0.25, 0.3) is 0 Å². The van der Waals surface area contributed by atoms with Crippen LogP contribution in [-0.4, -0.2) is 23.0 Å². The van der Waals surface area contributed by atoms with Gasteiger partial charge in [-0.3, -0.25) is 4.68 Å². The van der Waals surface area contributed by atoms with E-state index in [1.807, 2.05) is 11.7 Å². The number of nitrogens with zero attached hydrogens (tertiary/aromatic N) is 2. The summed E-state index contributed by atoms with van der Waals surface area (Å²) in [6, 6.07) is 0. The number of aromatic nitrogens is 2. The molecule has 0 unspecified atom stereocenters. The first kappa shape index (κ1) is 8.56. The van der Waals surface area contributed by atoms with Gasteiger partial charge in [-0.15, -0.1) is 0 Å². The Morgan fingerprint density at radius 1 is 1.69 bits per heavy atom. The first-order valence-corrected chi connectivity index (χ1v) is 4.55. The molecule has 1 saturated heterocycles. The summed E-state index contributed by atoms with van der Waals surface area (Å²) in [5.74, 6) is 0. The lowest BCUT2D eigenvalue weighted by atomic mass is 9.79. The molecule has 2 rings (SSSR count). The van der Waals surface area contributed by atoms with Gasteiger partial charge in [0.15, 0.2) is 0 Å². The van der Waals surface area contributed by atoms with Gasteiger partial charge in [-0.05, 0) is 6.42 Å².